The van der Waals surface area contributed by atoms with Gasteiger partial charge in [-0.15, -0.1) is 0 Å². The van der Waals surface area contributed by atoms with Gasteiger partial charge in [0.05, 0.1) is 5.69 Å². The molecule has 1 aliphatic rings. The number of anilines is 2. The predicted molar refractivity (Wildman–Crippen MR) is 86.4 cm³/mol. The van der Waals surface area contributed by atoms with E-state index in [1.165, 1.54) is 19.2 Å². The number of rotatable bonds is 5. The van der Waals surface area contributed by atoms with Crippen LogP contribution in [0.4, 0.5) is 11.6 Å². The van der Waals surface area contributed by atoms with E-state index in [0.717, 1.165) is 35.9 Å². The van der Waals surface area contributed by atoms with E-state index in [1.54, 1.807) is 0 Å². The second kappa shape index (κ2) is 6.76. The summed E-state index contributed by atoms with van der Waals surface area (Å²) in [6.07, 6.45) is 4.84. The molecular formula is C16H21N5O2. The summed E-state index contributed by atoms with van der Waals surface area (Å²) in [5, 5.41) is 6.74. The monoisotopic (exact) mass is 315 g/mol. The van der Waals surface area contributed by atoms with Crippen LogP contribution in [0.5, 0.6) is 0 Å². The summed E-state index contributed by atoms with van der Waals surface area (Å²) in [7, 11) is 0. The first-order valence-corrected chi connectivity index (χ1v) is 7.92. The molecule has 23 heavy (non-hydrogen) atoms. The Kier molecular flexibility index (Phi) is 4.55. The third-order valence-corrected chi connectivity index (χ3v) is 4.13. The summed E-state index contributed by atoms with van der Waals surface area (Å²) < 4.78 is 5.11. The molecule has 1 amide bonds. The van der Waals surface area contributed by atoms with Crippen molar-refractivity contribution in [1.82, 2.24) is 15.1 Å². The zero-order chi connectivity index (χ0) is 16.2. The van der Waals surface area contributed by atoms with Crippen LogP contribution in [-0.2, 0) is 11.2 Å². The largest absolute Gasteiger partial charge is 0.361 e. The SMILES string of the molecule is Cc1noc(C)c1CCC(=O)Nc1cc(N2CCCC2)ncn1. The van der Waals surface area contributed by atoms with E-state index in [9.17, 15) is 4.79 Å². The highest BCUT2D eigenvalue weighted by Crippen LogP contribution is 2.19. The van der Waals surface area contributed by atoms with Crippen molar-refractivity contribution < 1.29 is 9.32 Å². The highest BCUT2D eigenvalue weighted by molar-refractivity contribution is 5.90. The molecule has 1 N–H and O–H groups in total. The van der Waals surface area contributed by atoms with E-state index in [-0.39, 0.29) is 5.91 Å². The van der Waals surface area contributed by atoms with Crippen LogP contribution in [0, 0.1) is 13.8 Å². The predicted octanol–water partition coefficient (Wildman–Crippen LogP) is 2.25. The molecule has 122 valence electrons. The molecule has 2 aromatic rings. The summed E-state index contributed by atoms with van der Waals surface area (Å²) in [6.45, 7) is 5.77. The minimum atomic E-state index is -0.0731. The van der Waals surface area contributed by atoms with Crippen LogP contribution in [0.1, 0.15) is 36.3 Å². The summed E-state index contributed by atoms with van der Waals surface area (Å²) in [5.74, 6) is 2.12. The number of hydrogen-bond acceptors (Lipinski definition) is 6. The smallest absolute Gasteiger partial charge is 0.225 e. The van der Waals surface area contributed by atoms with Crippen LogP contribution in [0.2, 0.25) is 0 Å². The number of nitrogens with one attached hydrogen (secondary N) is 1. The Morgan fingerprint density at radius 2 is 2.09 bits per heavy atom. The second-order valence-corrected chi connectivity index (χ2v) is 5.81. The Morgan fingerprint density at radius 1 is 1.30 bits per heavy atom. The van der Waals surface area contributed by atoms with Crippen molar-refractivity contribution in [1.29, 1.82) is 0 Å². The number of aromatic nitrogens is 3. The molecule has 0 saturated carbocycles. The third kappa shape index (κ3) is 3.67. The van der Waals surface area contributed by atoms with Gasteiger partial charge in [0.25, 0.3) is 0 Å². The standard InChI is InChI=1S/C16H21N5O2/c1-11-13(12(2)23-20-11)5-6-16(22)19-14-9-15(18-10-17-14)21-7-3-4-8-21/h9-10H,3-8H2,1-2H3,(H,17,18,19,22). The van der Waals surface area contributed by atoms with Gasteiger partial charge in [-0.05, 0) is 33.1 Å². The Hall–Kier alpha value is -2.44. The molecule has 1 saturated heterocycles. The van der Waals surface area contributed by atoms with E-state index >= 15 is 0 Å². The van der Waals surface area contributed by atoms with Crippen molar-refractivity contribution >= 4 is 17.5 Å². The average molecular weight is 315 g/mol. The molecule has 7 heteroatoms. The zero-order valence-corrected chi connectivity index (χ0v) is 13.5. The number of hydrogen-bond donors (Lipinski definition) is 1. The van der Waals surface area contributed by atoms with Crippen molar-refractivity contribution in [3.8, 4) is 0 Å². The Bertz CT molecular complexity index is 672. The van der Waals surface area contributed by atoms with Gasteiger partial charge in [-0.25, -0.2) is 9.97 Å². The summed E-state index contributed by atoms with van der Waals surface area (Å²) in [6, 6.07) is 1.83. The number of carbonyl (C=O) groups is 1. The average Bonchev–Trinajstić information content (AvgIpc) is 3.17. The van der Waals surface area contributed by atoms with E-state index in [1.807, 2.05) is 19.9 Å². The first kappa shape index (κ1) is 15.5. The minimum Gasteiger partial charge on any atom is -0.361 e. The maximum Gasteiger partial charge on any atom is 0.225 e. The minimum absolute atomic E-state index is 0.0731. The normalized spacial score (nSPS) is 14.3. The molecule has 0 aliphatic carbocycles. The Labute approximate surface area is 135 Å². The van der Waals surface area contributed by atoms with Gasteiger partial charge in [0.2, 0.25) is 5.91 Å². The van der Waals surface area contributed by atoms with E-state index in [4.69, 9.17) is 4.52 Å². The summed E-state index contributed by atoms with van der Waals surface area (Å²) in [5.41, 5.74) is 1.84. The van der Waals surface area contributed by atoms with Crippen molar-refractivity contribution in [3.63, 3.8) is 0 Å². The van der Waals surface area contributed by atoms with Gasteiger partial charge in [-0.1, -0.05) is 5.16 Å². The number of amides is 1. The van der Waals surface area contributed by atoms with E-state index < -0.39 is 0 Å². The number of carbonyl (C=O) groups excluding carboxylic acids is 1. The quantitative estimate of drug-likeness (QED) is 0.911. The van der Waals surface area contributed by atoms with Crippen LogP contribution < -0.4 is 10.2 Å². The Balaban J connectivity index is 1.58. The van der Waals surface area contributed by atoms with Crippen molar-refractivity contribution in [2.75, 3.05) is 23.3 Å². The number of aryl methyl sites for hydroxylation is 2. The fourth-order valence-electron chi connectivity index (χ4n) is 2.84. The molecule has 1 fully saturated rings. The van der Waals surface area contributed by atoms with Gasteiger partial charge in [0.1, 0.15) is 23.7 Å². The molecule has 0 unspecified atom stereocenters. The van der Waals surface area contributed by atoms with Crippen LogP contribution in [0.3, 0.4) is 0 Å². The molecule has 3 rings (SSSR count). The third-order valence-electron chi connectivity index (χ3n) is 4.13. The Morgan fingerprint density at radius 3 is 2.78 bits per heavy atom. The highest BCUT2D eigenvalue weighted by Gasteiger charge is 2.15. The van der Waals surface area contributed by atoms with E-state index in [2.05, 4.69) is 25.3 Å². The van der Waals surface area contributed by atoms with Gasteiger partial charge in [-0.2, -0.15) is 0 Å². The first-order chi connectivity index (χ1) is 11.1. The maximum absolute atomic E-state index is 12.1. The summed E-state index contributed by atoms with van der Waals surface area (Å²) in [4.78, 5) is 22.7. The molecule has 0 spiro atoms. The van der Waals surface area contributed by atoms with Gasteiger partial charge in [0.15, 0.2) is 0 Å². The van der Waals surface area contributed by atoms with Crippen molar-refractivity contribution in [3.05, 3.63) is 29.4 Å². The molecule has 0 bridgehead atoms. The molecule has 0 aromatic carbocycles. The van der Waals surface area contributed by atoms with Gasteiger partial charge >= 0.3 is 0 Å². The van der Waals surface area contributed by atoms with Crippen LogP contribution in [0.25, 0.3) is 0 Å². The van der Waals surface area contributed by atoms with Crippen LogP contribution in [0.15, 0.2) is 16.9 Å². The fraction of sp³-hybridized carbons (Fsp3) is 0.500. The molecule has 1 aliphatic heterocycles. The molecule has 0 radical (unpaired) electrons. The molecule has 0 atom stereocenters. The van der Waals surface area contributed by atoms with Gasteiger partial charge < -0.3 is 14.7 Å². The highest BCUT2D eigenvalue weighted by atomic mass is 16.5. The van der Waals surface area contributed by atoms with Crippen LogP contribution >= 0.6 is 0 Å². The molecule has 3 heterocycles. The van der Waals surface area contributed by atoms with Crippen LogP contribution in [-0.4, -0.2) is 34.1 Å². The first-order valence-electron chi connectivity index (χ1n) is 7.92. The summed E-state index contributed by atoms with van der Waals surface area (Å²) >= 11 is 0. The lowest BCUT2D eigenvalue weighted by Gasteiger charge is -2.16. The van der Waals surface area contributed by atoms with Crippen molar-refractivity contribution in [2.24, 2.45) is 0 Å². The maximum atomic E-state index is 12.1. The molecule has 7 nitrogen and oxygen atoms in total. The van der Waals surface area contributed by atoms with Crippen molar-refractivity contribution in [2.45, 2.75) is 39.5 Å². The fourth-order valence-corrected chi connectivity index (χ4v) is 2.84. The number of nitrogens with zero attached hydrogens (tertiary/aromatic N) is 4. The second-order valence-electron chi connectivity index (χ2n) is 5.81. The van der Waals surface area contributed by atoms with E-state index in [0.29, 0.717) is 18.7 Å². The lowest BCUT2D eigenvalue weighted by molar-refractivity contribution is -0.116. The molecule has 2 aromatic heterocycles. The zero-order valence-electron chi connectivity index (χ0n) is 13.5. The topological polar surface area (TPSA) is 84.2 Å². The van der Waals surface area contributed by atoms with Gasteiger partial charge in [0, 0.05) is 31.1 Å². The molecular weight excluding hydrogens is 294 g/mol. The lowest BCUT2D eigenvalue weighted by atomic mass is 10.1. The lowest BCUT2D eigenvalue weighted by Crippen LogP contribution is -2.20. The van der Waals surface area contributed by atoms with Gasteiger partial charge in [-0.3, -0.25) is 4.79 Å².